The van der Waals surface area contributed by atoms with Crippen LogP contribution in [0.1, 0.15) is 20.8 Å². The van der Waals surface area contributed by atoms with Gasteiger partial charge in [-0.15, -0.1) is 0 Å². The third kappa shape index (κ3) is 4.37. The van der Waals surface area contributed by atoms with Crippen LogP contribution in [0.25, 0.3) is 0 Å². The largest absolute Gasteiger partial charge is 0.473 e. The summed E-state index contributed by atoms with van der Waals surface area (Å²) in [6.07, 6.45) is 1.49. The van der Waals surface area contributed by atoms with Crippen LogP contribution in [0.2, 0.25) is 0 Å². The van der Waals surface area contributed by atoms with E-state index in [0.29, 0.717) is 17.4 Å². The van der Waals surface area contributed by atoms with Crippen molar-refractivity contribution in [3.05, 3.63) is 6.33 Å². The highest BCUT2D eigenvalue weighted by atomic mass is 16.5. The number of nitrogens with two attached hydrogens (primary N) is 1. The first-order valence-corrected chi connectivity index (χ1v) is 6.08. The predicted molar refractivity (Wildman–Crippen MR) is 73.8 cm³/mol. The lowest BCUT2D eigenvalue weighted by Gasteiger charge is -2.20. The van der Waals surface area contributed by atoms with Crippen molar-refractivity contribution < 1.29 is 4.74 Å². The second-order valence-electron chi connectivity index (χ2n) is 4.92. The van der Waals surface area contributed by atoms with Gasteiger partial charge in [-0.05, 0) is 34.9 Å². The Morgan fingerprint density at radius 3 is 2.56 bits per heavy atom. The average molecular weight is 253 g/mol. The van der Waals surface area contributed by atoms with Crippen LogP contribution in [0, 0.1) is 0 Å². The maximum Gasteiger partial charge on any atom is 0.242 e. The zero-order chi connectivity index (χ0) is 13.7. The quantitative estimate of drug-likeness (QED) is 0.793. The van der Waals surface area contributed by atoms with E-state index in [1.807, 2.05) is 27.9 Å². The Morgan fingerprint density at radius 2 is 2.00 bits per heavy atom. The topological polar surface area (TPSA) is 76.3 Å². The molecule has 0 aliphatic rings. The number of nitrogen functional groups attached to an aromatic ring is 1. The molecular formula is C12H23N5O. The van der Waals surface area contributed by atoms with Crippen molar-refractivity contribution in [3.8, 4) is 5.88 Å². The Labute approximate surface area is 109 Å². The summed E-state index contributed by atoms with van der Waals surface area (Å²) < 4.78 is 5.52. The summed E-state index contributed by atoms with van der Waals surface area (Å²) in [7, 11) is 4.05. The molecular weight excluding hydrogens is 230 g/mol. The zero-order valence-electron chi connectivity index (χ0n) is 11.8. The molecule has 1 heterocycles. The number of nitrogens with one attached hydrogen (secondary N) is 1. The zero-order valence-corrected chi connectivity index (χ0v) is 11.8. The van der Waals surface area contributed by atoms with Gasteiger partial charge in [-0.3, -0.25) is 0 Å². The van der Waals surface area contributed by atoms with Gasteiger partial charge in [-0.1, -0.05) is 0 Å². The minimum absolute atomic E-state index is 0.0363. The van der Waals surface area contributed by atoms with Gasteiger partial charge in [0, 0.05) is 12.6 Å². The molecule has 1 rings (SSSR count). The van der Waals surface area contributed by atoms with Crippen LogP contribution in [-0.2, 0) is 0 Å². The van der Waals surface area contributed by atoms with Gasteiger partial charge in [-0.2, -0.15) is 4.98 Å². The van der Waals surface area contributed by atoms with Crippen molar-refractivity contribution in [2.24, 2.45) is 0 Å². The molecule has 0 spiro atoms. The fourth-order valence-electron chi connectivity index (χ4n) is 1.64. The van der Waals surface area contributed by atoms with Gasteiger partial charge in [0.05, 0.1) is 6.10 Å². The molecule has 0 aliphatic heterocycles. The van der Waals surface area contributed by atoms with Gasteiger partial charge in [-0.25, -0.2) is 4.98 Å². The molecule has 1 aromatic rings. The average Bonchev–Trinajstić information content (AvgIpc) is 2.22. The minimum Gasteiger partial charge on any atom is -0.473 e. The van der Waals surface area contributed by atoms with Crippen LogP contribution in [0.5, 0.6) is 5.88 Å². The summed E-state index contributed by atoms with van der Waals surface area (Å²) in [5.41, 5.74) is 6.44. The second kappa shape index (κ2) is 6.39. The normalized spacial score (nSPS) is 12.8. The first-order chi connectivity index (χ1) is 8.40. The van der Waals surface area contributed by atoms with Gasteiger partial charge in [0.2, 0.25) is 5.88 Å². The molecule has 6 nitrogen and oxygen atoms in total. The molecule has 1 unspecified atom stereocenters. The fourth-order valence-corrected chi connectivity index (χ4v) is 1.64. The molecule has 18 heavy (non-hydrogen) atoms. The van der Waals surface area contributed by atoms with Crippen LogP contribution < -0.4 is 15.8 Å². The van der Waals surface area contributed by atoms with E-state index >= 15 is 0 Å². The molecule has 0 amide bonds. The molecule has 3 N–H and O–H groups in total. The van der Waals surface area contributed by atoms with Crippen molar-refractivity contribution in [2.45, 2.75) is 32.9 Å². The third-order valence-electron chi connectivity index (χ3n) is 2.22. The van der Waals surface area contributed by atoms with Crippen LogP contribution >= 0.6 is 0 Å². The highest BCUT2D eigenvalue weighted by Crippen LogP contribution is 2.25. The number of hydrogen-bond acceptors (Lipinski definition) is 6. The number of nitrogens with zero attached hydrogens (tertiary/aromatic N) is 3. The second-order valence-corrected chi connectivity index (χ2v) is 4.92. The number of anilines is 2. The molecule has 0 aromatic carbocycles. The lowest BCUT2D eigenvalue weighted by molar-refractivity contribution is 0.234. The summed E-state index contributed by atoms with van der Waals surface area (Å²) in [5.74, 6) is 1.05. The van der Waals surface area contributed by atoms with Crippen molar-refractivity contribution in [1.82, 2.24) is 14.9 Å². The van der Waals surface area contributed by atoms with Crippen molar-refractivity contribution in [2.75, 3.05) is 31.7 Å². The number of likely N-dealkylation sites (N-methyl/N-ethyl adjacent to an activating group) is 1. The van der Waals surface area contributed by atoms with E-state index in [4.69, 9.17) is 10.5 Å². The Kier molecular flexibility index (Phi) is 5.15. The van der Waals surface area contributed by atoms with Gasteiger partial charge >= 0.3 is 0 Å². The SMILES string of the molecule is CC(CN(C)C)Nc1ncnc(OC(C)C)c1N. The van der Waals surface area contributed by atoms with Gasteiger partial charge < -0.3 is 20.7 Å². The highest BCUT2D eigenvalue weighted by Gasteiger charge is 2.12. The molecule has 0 radical (unpaired) electrons. The summed E-state index contributed by atoms with van der Waals surface area (Å²) >= 11 is 0. The first-order valence-electron chi connectivity index (χ1n) is 6.08. The Hall–Kier alpha value is -1.56. The van der Waals surface area contributed by atoms with E-state index in [9.17, 15) is 0 Å². The van der Waals surface area contributed by atoms with E-state index in [1.165, 1.54) is 6.33 Å². The summed E-state index contributed by atoms with van der Waals surface area (Å²) in [5, 5.41) is 3.26. The van der Waals surface area contributed by atoms with Crippen LogP contribution in [0.4, 0.5) is 11.5 Å². The lowest BCUT2D eigenvalue weighted by atomic mass is 10.3. The van der Waals surface area contributed by atoms with Crippen molar-refractivity contribution in [3.63, 3.8) is 0 Å². The Morgan fingerprint density at radius 1 is 1.33 bits per heavy atom. The molecule has 0 saturated carbocycles. The highest BCUT2D eigenvalue weighted by molar-refractivity contribution is 5.66. The molecule has 1 atom stereocenters. The van der Waals surface area contributed by atoms with Gasteiger partial charge in [0.15, 0.2) is 5.82 Å². The number of rotatable bonds is 6. The monoisotopic (exact) mass is 253 g/mol. The first kappa shape index (κ1) is 14.5. The Bertz CT molecular complexity index is 381. The maximum atomic E-state index is 5.98. The molecule has 0 saturated heterocycles. The molecule has 0 bridgehead atoms. The van der Waals surface area contributed by atoms with Crippen LogP contribution in [0.15, 0.2) is 6.33 Å². The van der Waals surface area contributed by atoms with E-state index < -0.39 is 0 Å². The summed E-state index contributed by atoms with van der Waals surface area (Å²) in [6.45, 7) is 6.83. The summed E-state index contributed by atoms with van der Waals surface area (Å²) in [6, 6.07) is 0.240. The number of hydrogen-bond donors (Lipinski definition) is 2. The van der Waals surface area contributed by atoms with Crippen molar-refractivity contribution >= 4 is 11.5 Å². The molecule has 102 valence electrons. The predicted octanol–water partition coefficient (Wildman–Crippen LogP) is 1.21. The fraction of sp³-hybridized carbons (Fsp3) is 0.667. The van der Waals surface area contributed by atoms with Crippen molar-refractivity contribution in [1.29, 1.82) is 0 Å². The molecule has 0 fully saturated rings. The third-order valence-corrected chi connectivity index (χ3v) is 2.22. The smallest absolute Gasteiger partial charge is 0.242 e. The van der Waals surface area contributed by atoms with Crippen LogP contribution in [-0.4, -0.2) is 47.7 Å². The molecule has 1 aromatic heterocycles. The Balaban J connectivity index is 2.77. The maximum absolute atomic E-state index is 5.98. The van der Waals surface area contributed by atoms with Gasteiger partial charge in [0.1, 0.15) is 12.0 Å². The van der Waals surface area contributed by atoms with E-state index in [2.05, 4.69) is 27.1 Å². The van der Waals surface area contributed by atoms with E-state index in [1.54, 1.807) is 0 Å². The standard InChI is InChI=1S/C12H23N5O/c1-8(2)18-12-10(13)11(14-7-15-12)16-9(3)6-17(4)5/h7-9H,6,13H2,1-5H3,(H,14,15,16). The van der Waals surface area contributed by atoms with Crippen LogP contribution in [0.3, 0.4) is 0 Å². The molecule has 6 heteroatoms. The lowest BCUT2D eigenvalue weighted by Crippen LogP contribution is -2.30. The molecule has 0 aliphatic carbocycles. The number of aromatic nitrogens is 2. The summed E-state index contributed by atoms with van der Waals surface area (Å²) in [4.78, 5) is 10.3. The van der Waals surface area contributed by atoms with Gasteiger partial charge in [0.25, 0.3) is 0 Å². The van der Waals surface area contributed by atoms with E-state index in [0.717, 1.165) is 6.54 Å². The minimum atomic E-state index is 0.0363. The number of ether oxygens (including phenoxy) is 1. The van der Waals surface area contributed by atoms with E-state index in [-0.39, 0.29) is 12.1 Å².